The summed E-state index contributed by atoms with van der Waals surface area (Å²) in [4.78, 5) is 0. The van der Waals surface area contributed by atoms with Crippen molar-refractivity contribution in [1.29, 1.82) is 0 Å². The van der Waals surface area contributed by atoms with E-state index in [1.54, 1.807) is 21.3 Å². The Balaban J connectivity index is 2.05. The molecule has 2 atom stereocenters. The van der Waals surface area contributed by atoms with E-state index in [0.29, 0.717) is 35.2 Å². The second-order valence-corrected chi connectivity index (χ2v) is 6.37. The Labute approximate surface area is 131 Å². The van der Waals surface area contributed by atoms with Gasteiger partial charge in [-0.15, -0.1) is 0 Å². The predicted molar refractivity (Wildman–Crippen MR) is 84.4 cm³/mol. The Bertz CT molecular complexity index is 505. The summed E-state index contributed by atoms with van der Waals surface area (Å²) in [6.45, 7) is 5.14. The van der Waals surface area contributed by atoms with Crippen molar-refractivity contribution in [2.24, 2.45) is 5.41 Å². The lowest BCUT2D eigenvalue weighted by molar-refractivity contribution is -0.0979. The first kappa shape index (κ1) is 16.4. The molecule has 2 rings (SSSR count). The number of methoxy groups -OCH3 is 3. The fraction of sp³-hybridized carbons (Fsp3) is 0.625. The third kappa shape index (κ3) is 2.98. The largest absolute Gasteiger partial charge is 0.493 e. The molecule has 21 heavy (non-hydrogen) atoms. The highest BCUT2D eigenvalue weighted by Gasteiger charge is 2.48. The maximum absolute atomic E-state index is 6.39. The Morgan fingerprint density at radius 3 is 2.48 bits per heavy atom. The third-order valence-electron chi connectivity index (χ3n) is 4.57. The quantitative estimate of drug-likeness (QED) is 0.875. The Morgan fingerprint density at radius 2 is 1.95 bits per heavy atom. The van der Waals surface area contributed by atoms with Crippen molar-refractivity contribution < 1.29 is 14.2 Å². The first-order chi connectivity index (χ1) is 9.95. The summed E-state index contributed by atoms with van der Waals surface area (Å²) in [5.74, 6) is 1.23. The summed E-state index contributed by atoms with van der Waals surface area (Å²) in [7, 11) is 4.97. The molecule has 0 aromatic heterocycles. The number of ether oxygens (including phenoxy) is 3. The summed E-state index contributed by atoms with van der Waals surface area (Å²) in [6.07, 6.45) is 1.34. The standard InChI is InChI=1S/C16H24ClNO3/c1-16(2)12(8-13(16)20-4)18-9-10-6-7-11(19-3)15(21-5)14(10)17/h6-7,12-13,18H,8-9H2,1-5H3. The molecule has 0 bridgehead atoms. The van der Waals surface area contributed by atoms with Crippen molar-refractivity contribution in [3.05, 3.63) is 22.7 Å². The van der Waals surface area contributed by atoms with Gasteiger partial charge < -0.3 is 19.5 Å². The van der Waals surface area contributed by atoms with E-state index in [-0.39, 0.29) is 5.41 Å². The Hall–Kier alpha value is -0.970. The van der Waals surface area contributed by atoms with E-state index < -0.39 is 0 Å². The average Bonchev–Trinajstić information content (AvgIpc) is 2.47. The number of halogens is 1. The van der Waals surface area contributed by atoms with E-state index in [1.807, 2.05) is 12.1 Å². The predicted octanol–water partition coefficient (Wildman–Crippen LogP) is 3.26. The molecule has 1 N–H and O–H groups in total. The first-order valence-corrected chi connectivity index (χ1v) is 7.49. The van der Waals surface area contributed by atoms with Gasteiger partial charge in [0.1, 0.15) is 0 Å². The second kappa shape index (κ2) is 6.42. The Kier molecular flexibility index (Phi) is 5.02. The topological polar surface area (TPSA) is 39.7 Å². The molecule has 1 aliphatic carbocycles. The van der Waals surface area contributed by atoms with Gasteiger partial charge in [0, 0.05) is 25.1 Å². The lowest BCUT2D eigenvalue weighted by Crippen LogP contribution is -2.60. The molecule has 1 aliphatic rings. The van der Waals surface area contributed by atoms with Crippen LogP contribution in [-0.2, 0) is 11.3 Å². The van der Waals surface area contributed by atoms with E-state index in [1.165, 1.54) is 0 Å². The van der Waals surface area contributed by atoms with Gasteiger partial charge in [0.25, 0.3) is 0 Å². The molecule has 0 saturated heterocycles. The van der Waals surface area contributed by atoms with Crippen molar-refractivity contribution in [3.8, 4) is 11.5 Å². The fourth-order valence-electron chi connectivity index (χ4n) is 2.93. The van der Waals surface area contributed by atoms with Crippen LogP contribution in [0.4, 0.5) is 0 Å². The molecule has 0 radical (unpaired) electrons. The zero-order chi connectivity index (χ0) is 15.6. The number of hydrogen-bond acceptors (Lipinski definition) is 4. The van der Waals surface area contributed by atoms with Crippen molar-refractivity contribution in [2.45, 2.75) is 39.0 Å². The van der Waals surface area contributed by atoms with Crippen LogP contribution >= 0.6 is 11.6 Å². The molecule has 1 aromatic rings. The van der Waals surface area contributed by atoms with E-state index in [9.17, 15) is 0 Å². The molecule has 4 nitrogen and oxygen atoms in total. The first-order valence-electron chi connectivity index (χ1n) is 7.11. The fourth-order valence-corrected chi connectivity index (χ4v) is 3.23. The molecule has 1 aromatic carbocycles. The highest BCUT2D eigenvalue weighted by Crippen LogP contribution is 2.43. The monoisotopic (exact) mass is 313 g/mol. The van der Waals surface area contributed by atoms with Crippen molar-refractivity contribution in [1.82, 2.24) is 5.32 Å². The minimum Gasteiger partial charge on any atom is -0.493 e. The van der Waals surface area contributed by atoms with E-state index in [2.05, 4.69) is 19.2 Å². The van der Waals surface area contributed by atoms with Gasteiger partial charge in [0.15, 0.2) is 11.5 Å². The van der Waals surface area contributed by atoms with Crippen LogP contribution in [0.2, 0.25) is 5.02 Å². The van der Waals surface area contributed by atoms with Crippen LogP contribution in [-0.4, -0.2) is 33.5 Å². The number of hydrogen-bond donors (Lipinski definition) is 1. The van der Waals surface area contributed by atoms with Gasteiger partial charge >= 0.3 is 0 Å². The van der Waals surface area contributed by atoms with Gasteiger partial charge in [0.2, 0.25) is 0 Å². The van der Waals surface area contributed by atoms with Crippen molar-refractivity contribution in [3.63, 3.8) is 0 Å². The van der Waals surface area contributed by atoms with Gasteiger partial charge in [0.05, 0.1) is 25.3 Å². The Morgan fingerprint density at radius 1 is 1.24 bits per heavy atom. The molecule has 118 valence electrons. The molecule has 1 fully saturated rings. The summed E-state index contributed by atoms with van der Waals surface area (Å²) in [5, 5.41) is 4.16. The van der Waals surface area contributed by atoms with Gasteiger partial charge in [-0.05, 0) is 18.1 Å². The molecule has 5 heteroatoms. The zero-order valence-corrected chi connectivity index (χ0v) is 14.1. The summed E-state index contributed by atoms with van der Waals surface area (Å²) in [5.41, 5.74) is 1.14. The van der Waals surface area contributed by atoms with Crippen molar-refractivity contribution >= 4 is 11.6 Å². The number of benzene rings is 1. The third-order valence-corrected chi connectivity index (χ3v) is 4.98. The highest BCUT2D eigenvalue weighted by atomic mass is 35.5. The maximum Gasteiger partial charge on any atom is 0.179 e. The van der Waals surface area contributed by atoms with Gasteiger partial charge in [-0.3, -0.25) is 0 Å². The summed E-state index contributed by atoms with van der Waals surface area (Å²) >= 11 is 6.39. The number of rotatable bonds is 6. The molecular formula is C16H24ClNO3. The minimum atomic E-state index is 0.137. The van der Waals surface area contributed by atoms with Crippen LogP contribution in [0, 0.1) is 5.41 Å². The molecule has 0 aliphatic heterocycles. The van der Waals surface area contributed by atoms with E-state index in [4.69, 9.17) is 25.8 Å². The number of nitrogens with one attached hydrogen (secondary N) is 1. The van der Waals surface area contributed by atoms with Gasteiger partial charge in [-0.25, -0.2) is 0 Å². The highest BCUT2D eigenvalue weighted by molar-refractivity contribution is 6.33. The van der Waals surface area contributed by atoms with E-state index >= 15 is 0 Å². The normalized spacial score (nSPS) is 23.5. The molecule has 0 spiro atoms. The summed E-state index contributed by atoms with van der Waals surface area (Å²) in [6, 6.07) is 4.27. The van der Waals surface area contributed by atoms with Crippen LogP contribution in [0.15, 0.2) is 12.1 Å². The maximum atomic E-state index is 6.39. The van der Waals surface area contributed by atoms with Gasteiger partial charge in [-0.2, -0.15) is 0 Å². The van der Waals surface area contributed by atoms with Crippen molar-refractivity contribution in [2.75, 3.05) is 21.3 Å². The van der Waals surface area contributed by atoms with Gasteiger partial charge in [-0.1, -0.05) is 31.5 Å². The summed E-state index contributed by atoms with van der Waals surface area (Å²) < 4.78 is 16.0. The lowest BCUT2D eigenvalue weighted by Gasteiger charge is -2.51. The van der Waals surface area contributed by atoms with Crippen LogP contribution in [0.1, 0.15) is 25.8 Å². The second-order valence-electron chi connectivity index (χ2n) is 5.99. The lowest BCUT2D eigenvalue weighted by atomic mass is 9.64. The minimum absolute atomic E-state index is 0.137. The molecule has 0 amide bonds. The van der Waals surface area contributed by atoms with Crippen LogP contribution in [0.3, 0.4) is 0 Å². The molecule has 0 heterocycles. The molecule has 2 unspecified atom stereocenters. The van der Waals surface area contributed by atoms with E-state index in [0.717, 1.165) is 12.0 Å². The average molecular weight is 314 g/mol. The smallest absolute Gasteiger partial charge is 0.179 e. The van der Waals surface area contributed by atoms with Crippen LogP contribution < -0.4 is 14.8 Å². The van der Waals surface area contributed by atoms with Crippen LogP contribution in [0.5, 0.6) is 11.5 Å². The molecule has 1 saturated carbocycles. The van der Waals surface area contributed by atoms with Crippen LogP contribution in [0.25, 0.3) is 0 Å². The molecular weight excluding hydrogens is 290 g/mol. The zero-order valence-electron chi connectivity index (χ0n) is 13.3. The SMILES string of the molecule is COc1ccc(CNC2CC(OC)C2(C)C)c(Cl)c1OC.